The first kappa shape index (κ1) is 16.9. The largest absolute Gasteiger partial charge is 0.456 e. The van der Waals surface area contributed by atoms with E-state index in [0.29, 0.717) is 5.41 Å². The smallest absolute Gasteiger partial charge is 0.136 e. The molecule has 2 heterocycles. The number of nitrogens with zero attached hydrogens (tertiary/aromatic N) is 1. The van der Waals surface area contributed by atoms with Gasteiger partial charge in [0, 0.05) is 39.6 Å². The van der Waals surface area contributed by atoms with Crippen LogP contribution in [-0.2, 0) is 12.5 Å². The Bertz CT molecular complexity index is 1500. The lowest BCUT2D eigenvalue weighted by atomic mass is 9.48. The monoisotopic (exact) mass is 405 g/mol. The lowest BCUT2D eigenvalue weighted by Gasteiger charge is -2.57. The average Bonchev–Trinajstić information content (AvgIpc) is 3.28. The zero-order chi connectivity index (χ0) is 20.3. The Hall–Kier alpha value is -2.74. The summed E-state index contributed by atoms with van der Waals surface area (Å²) >= 11 is 0. The summed E-state index contributed by atoms with van der Waals surface area (Å²) in [5, 5.41) is 5.46. The Morgan fingerprint density at radius 1 is 0.710 bits per heavy atom. The maximum atomic E-state index is 6.30. The van der Waals surface area contributed by atoms with E-state index in [2.05, 4.69) is 66.2 Å². The van der Waals surface area contributed by atoms with Gasteiger partial charge in [-0.15, -0.1) is 0 Å². The van der Waals surface area contributed by atoms with Gasteiger partial charge >= 0.3 is 0 Å². The van der Waals surface area contributed by atoms with Crippen LogP contribution in [0.25, 0.3) is 43.7 Å². The van der Waals surface area contributed by atoms with Crippen LogP contribution in [0, 0.1) is 17.8 Å². The number of para-hydroxylation sites is 1. The molecule has 3 aromatic carbocycles. The van der Waals surface area contributed by atoms with Crippen molar-refractivity contribution in [3.8, 4) is 0 Å². The maximum Gasteiger partial charge on any atom is 0.136 e. The zero-order valence-corrected chi connectivity index (χ0v) is 18.0. The summed E-state index contributed by atoms with van der Waals surface area (Å²) in [4.78, 5) is 0. The number of fused-ring (bicyclic) bond motifs is 7. The van der Waals surface area contributed by atoms with E-state index in [1.807, 2.05) is 0 Å². The molecule has 4 fully saturated rings. The molecule has 2 aromatic heterocycles. The van der Waals surface area contributed by atoms with E-state index >= 15 is 0 Å². The van der Waals surface area contributed by atoms with Crippen molar-refractivity contribution in [3.63, 3.8) is 0 Å². The predicted octanol–water partition coefficient (Wildman–Crippen LogP) is 7.70. The van der Waals surface area contributed by atoms with Crippen molar-refractivity contribution in [2.45, 2.75) is 43.9 Å². The molecule has 4 aliphatic rings. The SMILES string of the molecule is Cn1c2cccc(C34CC5CC(CC(C5)C3)C4)c2c2c3c(ccc21)oc1ccccc13. The van der Waals surface area contributed by atoms with Gasteiger partial charge in [0.25, 0.3) is 0 Å². The Morgan fingerprint density at radius 2 is 1.42 bits per heavy atom. The second-order valence-corrected chi connectivity index (χ2v) is 10.9. The molecule has 4 aliphatic carbocycles. The topological polar surface area (TPSA) is 18.1 Å². The first-order valence-electron chi connectivity index (χ1n) is 12.0. The Kier molecular flexibility index (Phi) is 3.02. The molecule has 5 aromatic rings. The van der Waals surface area contributed by atoms with Crippen molar-refractivity contribution in [1.29, 1.82) is 0 Å². The van der Waals surface area contributed by atoms with Crippen LogP contribution in [0.3, 0.4) is 0 Å². The molecule has 154 valence electrons. The minimum Gasteiger partial charge on any atom is -0.456 e. The van der Waals surface area contributed by atoms with E-state index in [9.17, 15) is 0 Å². The molecule has 0 amide bonds. The van der Waals surface area contributed by atoms with Gasteiger partial charge in [0.15, 0.2) is 0 Å². The van der Waals surface area contributed by atoms with Crippen LogP contribution in [-0.4, -0.2) is 4.57 Å². The van der Waals surface area contributed by atoms with Crippen molar-refractivity contribution in [3.05, 3.63) is 60.2 Å². The number of hydrogen-bond donors (Lipinski definition) is 0. The molecule has 31 heavy (non-hydrogen) atoms. The van der Waals surface area contributed by atoms with Crippen LogP contribution in [0.5, 0.6) is 0 Å². The first-order chi connectivity index (χ1) is 15.2. The van der Waals surface area contributed by atoms with E-state index in [4.69, 9.17) is 4.42 Å². The standard InChI is InChI=1S/C29H27NO/c1-30-22-7-4-6-21(29-14-17-11-18(15-29)13-19(12-17)16-29)27(22)28-23(30)9-10-25-26(28)20-5-2-3-8-24(20)31-25/h2-10,17-19H,11-16H2,1H3. The van der Waals surface area contributed by atoms with Crippen LogP contribution in [0.15, 0.2) is 59.0 Å². The van der Waals surface area contributed by atoms with Crippen LogP contribution >= 0.6 is 0 Å². The highest BCUT2D eigenvalue weighted by Crippen LogP contribution is 2.62. The Morgan fingerprint density at radius 3 is 2.19 bits per heavy atom. The summed E-state index contributed by atoms with van der Waals surface area (Å²) in [6.07, 6.45) is 8.66. The molecule has 0 spiro atoms. The predicted molar refractivity (Wildman–Crippen MR) is 128 cm³/mol. The minimum absolute atomic E-state index is 0.379. The van der Waals surface area contributed by atoms with Crippen molar-refractivity contribution >= 4 is 43.7 Å². The number of aryl methyl sites for hydroxylation is 1. The minimum atomic E-state index is 0.379. The molecule has 2 heteroatoms. The van der Waals surface area contributed by atoms with E-state index in [0.717, 1.165) is 28.9 Å². The summed E-state index contributed by atoms with van der Waals surface area (Å²) in [5.41, 5.74) is 6.72. The van der Waals surface area contributed by atoms with Crippen LogP contribution < -0.4 is 0 Å². The van der Waals surface area contributed by atoms with Gasteiger partial charge in [0.1, 0.15) is 11.2 Å². The first-order valence-corrected chi connectivity index (χ1v) is 12.0. The lowest BCUT2D eigenvalue weighted by Crippen LogP contribution is -2.48. The molecule has 4 bridgehead atoms. The number of rotatable bonds is 1. The molecular formula is C29H27NO. The van der Waals surface area contributed by atoms with Crippen LogP contribution in [0.4, 0.5) is 0 Å². The summed E-state index contributed by atoms with van der Waals surface area (Å²) in [5.74, 6) is 2.85. The molecule has 0 radical (unpaired) electrons. The molecule has 4 saturated carbocycles. The van der Waals surface area contributed by atoms with Gasteiger partial charge in [-0.1, -0.05) is 30.3 Å². The molecule has 0 N–H and O–H groups in total. The fourth-order valence-corrected chi connectivity index (χ4v) is 8.43. The van der Waals surface area contributed by atoms with Gasteiger partial charge in [0.2, 0.25) is 0 Å². The van der Waals surface area contributed by atoms with Crippen LogP contribution in [0.2, 0.25) is 0 Å². The molecule has 0 unspecified atom stereocenters. The highest BCUT2D eigenvalue weighted by molar-refractivity contribution is 6.27. The van der Waals surface area contributed by atoms with Gasteiger partial charge in [-0.25, -0.2) is 0 Å². The van der Waals surface area contributed by atoms with Gasteiger partial charge in [-0.3, -0.25) is 0 Å². The summed E-state index contributed by atoms with van der Waals surface area (Å²) in [6, 6.07) is 20.1. The third-order valence-electron chi connectivity index (χ3n) is 9.15. The fraction of sp³-hybridized carbons (Fsp3) is 0.379. The molecule has 0 atom stereocenters. The Labute approximate surface area is 181 Å². The third-order valence-corrected chi connectivity index (χ3v) is 9.15. The van der Waals surface area contributed by atoms with Crippen molar-refractivity contribution in [2.24, 2.45) is 24.8 Å². The van der Waals surface area contributed by atoms with E-state index in [1.54, 1.807) is 5.56 Å². The number of furan rings is 1. The highest BCUT2D eigenvalue weighted by Gasteiger charge is 2.52. The Balaban J connectivity index is 1.54. The lowest BCUT2D eigenvalue weighted by molar-refractivity contribution is -0.00446. The van der Waals surface area contributed by atoms with Crippen molar-refractivity contribution in [2.75, 3.05) is 0 Å². The molecule has 9 rings (SSSR count). The highest BCUT2D eigenvalue weighted by atomic mass is 16.3. The average molecular weight is 406 g/mol. The quantitative estimate of drug-likeness (QED) is 0.279. The van der Waals surface area contributed by atoms with E-state index in [-0.39, 0.29) is 0 Å². The molecular weight excluding hydrogens is 378 g/mol. The van der Waals surface area contributed by atoms with Crippen molar-refractivity contribution < 1.29 is 4.42 Å². The van der Waals surface area contributed by atoms with Gasteiger partial charge in [0.05, 0.1) is 0 Å². The summed E-state index contributed by atoms with van der Waals surface area (Å²) in [6.45, 7) is 0. The number of benzene rings is 3. The van der Waals surface area contributed by atoms with Crippen molar-refractivity contribution in [1.82, 2.24) is 4.57 Å². The number of aromatic nitrogens is 1. The normalized spacial score (nSPS) is 29.8. The zero-order valence-electron chi connectivity index (χ0n) is 18.0. The van der Waals surface area contributed by atoms with Crippen LogP contribution in [0.1, 0.15) is 44.1 Å². The van der Waals surface area contributed by atoms with Gasteiger partial charge in [-0.05, 0) is 91.5 Å². The van der Waals surface area contributed by atoms with Gasteiger partial charge in [-0.2, -0.15) is 0 Å². The maximum absolute atomic E-state index is 6.30. The van der Waals surface area contributed by atoms with E-state index < -0.39 is 0 Å². The summed E-state index contributed by atoms with van der Waals surface area (Å²) < 4.78 is 8.71. The third kappa shape index (κ3) is 2.04. The second-order valence-electron chi connectivity index (χ2n) is 10.9. The number of hydrogen-bond acceptors (Lipinski definition) is 1. The fourth-order valence-electron chi connectivity index (χ4n) is 8.43. The molecule has 2 nitrogen and oxygen atoms in total. The van der Waals surface area contributed by atoms with Gasteiger partial charge < -0.3 is 8.98 Å². The molecule has 0 saturated heterocycles. The second kappa shape index (κ2) is 5.54. The summed E-state index contributed by atoms with van der Waals surface area (Å²) in [7, 11) is 2.24. The molecule has 0 aliphatic heterocycles. The van der Waals surface area contributed by atoms with E-state index in [1.165, 1.54) is 71.1 Å².